The third-order valence-corrected chi connectivity index (χ3v) is 6.36. The fourth-order valence-corrected chi connectivity index (χ4v) is 4.65. The summed E-state index contributed by atoms with van der Waals surface area (Å²) in [5, 5.41) is 8.36. The van der Waals surface area contributed by atoms with Gasteiger partial charge in [0.15, 0.2) is 6.04 Å². The van der Waals surface area contributed by atoms with E-state index in [4.69, 9.17) is 9.47 Å². The molecular weight excluding hydrogens is 525 g/mol. The van der Waals surface area contributed by atoms with Gasteiger partial charge in [0.1, 0.15) is 5.82 Å². The second-order valence-corrected chi connectivity index (χ2v) is 11.0. The first-order valence-electron chi connectivity index (χ1n) is 13.3. The lowest BCUT2D eigenvalue weighted by Gasteiger charge is -2.30. The highest BCUT2D eigenvalue weighted by atomic mass is 19.1. The van der Waals surface area contributed by atoms with Crippen molar-refractivity contribution < 1.29 is 28.2 Å². The van der Waals surface area contributed by atoms with Crippen LogP contribution in [0.3, 0.4) is 0 Å². The predicted molar refractivity (Wildman–Crippen MR) is 159 cm³/mol. The zero-order valence-corrected chi connectivity index (χ0v) is 24.8. The average Bonchev–Trinajstić information content (AvgIpc) is 2.88. The zero-order chi connectivity index (χ0) is 30.5. The van der Waals surface area contributed by atoms with E-state index in [0.29, 0.717) is 16.8 Å². The van der Waals surface area contributed by atoms with Gasteiger partial charge in [-0.1, -0.05) is 35.9 Å². The van der Waals surface area contributed by atoms with Gasteiger partial charge in [-0.05, 0) is 95.0 Å². The normalized spacial score (nSPS) is 12.7. The summed E-state index contributed by atoms with van der Waals surface area (Å²) in [4.78, 5) is 39.3. The Hall–Kier alpha value is -4.24. The highest BCUT2D eigenvalue weighted by Crippen LogP contribution is 2.28. The number of amides is 3. The summed E-state index contributed by atoms with van der Waals surface area (Å²) in [5.41, 5.74) is 4.57. The first-order valence-corrected chi connectivity index (χ1v) is 13.3. The molecule has 0 aliphatic rings. The molecular formula is C32H38FN3O5. The highest BCUT2D eigenvalue weighted by Gasteiger charge is 2.32. The molecule has 0 spiro atoms. The highest BCUT2D eigenvalue weighted by molar-refractivity contribution is 6.08. The van der Waals surface area contributed by atoms with E-state index in [1.807, 2.05) is 53.7 Å². The quantitative estimate of drug-likeness (QED) is 0.270. The summed E-state index contributed by atoms with van der Waals surface area (Å²) in [5.74, 6) is -1.67. The molecule has 0 radical (unpaired) electrons. The second kappa shape index (κ2) is 13.0. The molecule has 0 heterocycles. The van der Waals surface area contributed by atoms with E-state index >= 15 is 0 Å². The summed E-state index contributed by atoms with van der Waals surface area (Å²) < 4.78 is 24.4. The fourth-order valence-electron chi connectivity index (χ4n) is 4.65. The zero-order valence-electron chi connectivity index (χ0n) is 24.8. The number of anilines is 2. The van der Waals surface area contributed by atoms with Crippen molar-refractivity contribution in [1.82, 2.24) is 5.32 Å². The molecule has 0 fully saturated rings. The Morgan fingerprint density at radius 1 is 0.854 bits per heavy atom. The molecule has 0 aromatic heterocycles. The summed E-state index contributed by atoms with van der Waals surface area (Å²) in [6.45, 7) is 13.0. The minimum atomic E-state index is -1.11. The summed E-state index contributed by atoms with van der Waals surface area (Å²) in [7, 11) is 1.23. The molecule has 0 aliphatic carbocycles. The Kier molecular flexibility index (Phi) is 9.88. The molecule has 3 aromatic rings. The number of methoxy groups -OCH3 is 1. The summed E-state index contributed by atoms with van der Waals surface area (Å²) in [6, 6.07) is 13.0. The van der Waals surface area contributed by atoms with Crippen LogP contribution in [0.5, 0.6) is 0 Å². The van der Waals surface area contributed by atoms with E-state index < -0.39 is 35.7 Å². The fraction of sp³-hybridized carbons (Fsp3) is 0.344. The number of aryl methyl sites for hydroxylation is 3. The maximum Gasteiger partial charge on any atom is 0.331 e. The number of carbonyl (C=O) groups excluding carboxylic acids is 3. The number of benzene rings is 3. The van der Waals surface area contributed by atoms with Crippen LogP contribution >= 0.6 is 0 Å². The van der Waals surface area contributed by atoms with Gasteiger partial charge in [0, 0.05) is 5.69 Å². The van der Waals surface area contributed by atoms with Crippen LogP contribution in [0, 0.1) is 26.6 Å². The van der Waals surface area contributed by atoms with Gasteiger partial charge in [-0.2, -0.15) is 0 Å². The van der Waals surface area contributed by atoms with E-state index in [-0.39, 0.29) is 17.1 Å². The molecule has 0 saturated carbocycles. The molecule has 3 aromatic carbocycles. The Bertz CT molecular complexity index is 1410. The predicted octanol–water partition coefficient (Wildman–Crippen LogP) is 6.54. The molecule has 218 valence electrons. The largest absolute Gasteiger partial charge is 0.467 e. The minimum absolute atomic E-state index is 0.111. The van der Waals surface area contributed by atoms with Crippen molar-refractivity contribution in [2.45, 2.75) is 66.2 Å². The van der Waals surface area contributed by atoms with Crippen LogP contribution in [0.25, 0.3) is 11.1 Å². The molecule has 9 heteroatoms. The third kappa shape index (κ3) is 8.38. The van der Waals surface area contributed by atoms with Crippen LogP contribution in [0.15, 0.2) is 54.6 Å². The van der Waals surface area contributed by atoms with Gasteiger partial charge in [-0.15, -0.1) is 0 Å². The monoisotopic (exact) mass is 563 g/mol. The van der Waals surface area contributed by atoms with Crippen LogP contribution in [0.1, 0.15) is 54.7 Å². The first kappa shape index (κ1) is 31.3. The van der Waals surface area contributed by atoms with Gasteiger partial charge >= 0.3 is 12.0 Å². The van der Waals surface area contributed by atoms with Gasteiger partial charge in [-0.25, -0.2) is 14.0 Å². The van der Waals surface area contributed by atoms with Gasteiger partial charge in [0.05, 0.1) is 30.1 Å². The van der Waals surface area contributed by atoms with Crippen LogP contribution in [-0.4, -0.2) is 42.8 Å². The Morgan fingerprint density at radius 2 is 1.44 bits per heavy atom. The number of hydrogen-bond donors (Lipinski definition) is 3. The van der Waals surface area contributed by atoms with E-state index in [1.54, 1.807) is 31.2 Å². The number of nitrogens with one attached hydrogen (secondary N) is 3. The number of esters is 1. The number of urea groups is 1. The molecule has 3 rings (SSSR count). The second-order valence-electron chi connectivity index (χ2n) is 11.0. The Labute approximate surface area is 240 Å². The van der Waals surface area contributed by atoms with Crippen molar-refractivity contribution in [2.24, 2.45) is 0 Å². The molecule has 0 aliphatic heterocycles. The van der Waals surface area contributed by atoms with E-state index in [9.17, 15) is 18.8 Å². The lowest BCUT2D eigenvalue weighted by atomic mass is 10.0. The molecule has 2 atom stereocenters. The number of ether oxygens (including phenoxy) is 2. The van der Waals surface area contributed by atoms with Crippen molar-refractivity contribution in [2.75, 3.05) is 17.7 Å². The summed E-state index contributed by atoms with van der Waals surface area (Å²) in [6.07, 6.45) is -0.711. The standard InChI is InChI=1S/C32H38FN3O5/c1-18-15-19(2)27(20(3)16-18)36-31(39)34-26-17-23(22-9-12-24(33)13-10-22)11-14-25(26)29(37)35-28(30(38)40-8)21(4)41-32(5,6)7/h9-17,21,28H,1-8H3,(H,35,37)(H2,34,36,39)/t21?,28-/m0/s1. The molecule has 41 heavy (non-hydrogen) atoms. The first-order chi connectivity index (χ1) is 19.2. The number of rotatable bonds is 8. The van der Waals surface area contributed by atoms with Crippen molar-refractivity contribution in [3.05, 3.63) is 82.7 Å². The average molecular weight is 564 g/mol. The van der Waals surface area contributed by atoms with Crippen molar-refractivity contribution in [1.29, 1.82) is 0 Å². The Balaban J connectivity index is 1.98. The molecule has 0 bridgehead atoms. The van der Waals surface area contributed by atoms with Crippen LogP contribution in [0.2, 0.25) is 0 Å². The van der Waals surface area contributed by atoms with Crippen molar-refractivity contribution >= 4 is 29.3 Å². The van der Waals surface area contributed by atoms with Crippen molar-refractivity contribution in [3.8, 4) is 11.1 Å². The van der Waals surface area contributed by atoms with Gasteiger partial charge in [0.25, 0.3) is 5.91 Å². The van der Waals surface area contributed by atoms with Gasteiger partial charge < -0.3 is 25.4 Å². The van der Waals surface area contributed by atoms with E-state index in [0.717, 1.165) is 16.7 Å². The molecule has 8 nitrogen and oxygen atoms in total. The smallest absolute Gasteiger partial charge is 0.331 e. The van der Waals surface area contributed by atoms with Crippen LogP contribution in [0.4, 0.5) is 20.6 Å². The van der Waals surface area contributed by atoms with Crippen molar-refractivity contribution in [3.63, 3.8) is 0 Å². The number of carbonyl (C=O) groups is 3. The van der Waals surface area contributed by atoms with Crippen LogP contribution < -0.4 is 16.0 Å². The number of halogens is 1. The topological polar surface area (TPSA) is 106 Å². The maximum absolute atomic E-state index is 13.5. The third-order valence-electron chi connectivity index (χ3n) is 6.36. The maximum atomic E-state index is 13.5. The van der Waals surface area contributed by atoms with Gasteiger partial charge in [0.2, 0.25) is 0 Å². The summed E-state index contributed by atoms with van der Waals surface area (Å²) >= 11 is 0. The molecule has 0 saturated heterocycles. The molecule has 3 N–H and O–H groups in total. The Morgan fingerprint density at radius 3 is 2.00 bits per heavy atom. The lowest BCUT2D eigenvalue weighted by Crippen LogP contribution is -2.51. The van der Waals surface area contributed by atoms with E-state index in [1.165, 1.54) is 25.3 Å². The SMILES string of the molecule is COC(=O)[C@@H](NC(=O)c1ccc(-c2ccc(F)cc2)cc1NC(=O)Nc1c(C)cc(C)cc1C)C(C)OC(C)(C)C. The molecule has 3 amide bonds. The number of hydrogen-bond acceptors (Lipinski definition) is 5. The minimum Gasteiger partial charge on any atom is -0.467 e. The molecule has 1 unspecified atom stereocenters. The lowest BCUT2D eigenvalue weighted by molar-refractivity contribution is -0.150. The van der Waals surface area contributed by atoms with Crippen LogP contribution in [-0.2, 0) is 14.3 Å². The van der Waals surface area contributed by atoms with Gasteiger partial charge in [-0.3, -0.25) is 4.79 Å². The van der Waals surface area contributed by atoms with E-state index in [2.05, 4.69) is 16.0 Å².